The van der Waals surface area contributed by atoms with Gasteiger partial charge in [0.1, 0.15) is 37.6 Å². The number of ether oxygens (including phenoxy) is 15. The Labute approximate surface area is 432 Å². The van der Waals surface area contributed by atoms with Crippen molar-refractivity contribution in [3.63, 3.8) is 0 Å². The molecule has 0 radical (unpaired) electrons. The zero-order valence-corrected chi connectivity index (χ0v) is 42.1. The van der Waals surface area contributed by atoms with Crippen LogP contribution in [0.15, 0.2) is 65.8 Å². The van der Waals surface area contributed by atoms with Crippen molar-refractivity contribution in [1.82, 2.24) is 0 Å². The zero-order valence-electron chi connectivity index (χ0n) is 42.1. The molecule has 2 aromatic rings. The lowest BCUT2D eigenvalue weighted by Gasteiger charge is -2.49. The van der Waals surface area contributed by atoms with E-state index in [0.717, 1.165) is 55.4 Å². The molecular formula is C48H55N3O25. The van der Waals surface area contributed by atoms with Gasteiger partial charge in [0.15, 0.2) is 67.6 Å². The number of nitrogens with zero attached hydrogens (tertiary/aromatic N) is 3. The fourth-order valence-electron chi connectivity index (χ4n) is 8.09. The molecule has 5 rings (SSSR count). The van der Waals surface area contributed by atoms with Crippen molar-refractivity contribution in [2.45, 2.75) is 147 Å². The van der Waals surface area contributed by atoms with Crippen molar-refractivity contribution in [3.05, 3.63) is 82.2 Å². The molecule has 3 fully saturated rings. The normalized spacial score (nSPS) is 28.8. The van der Waals surface area contributed by atoms with Crippen molar-refractivity contribution in [1.29, 1.82) is 0 Å². The van der Waals surface area contributed by atoms with E-state index >= 15 is 0 Å². The molecule has 0 aliphatic carbocycles. The second-order valence-corrected chi connectivity index (χ2v) is 16.8. The van der Waals surface area contributed by atoms with Crippen molar-refractivity contribution in [2.24, 2.45) is 5.11 Å². The van der Waals surface area contributed by atoms with Gasteiger partial charge in [-0.25, -0.2) is 9.59 Å². The summed E-state index contributed by atoms with van der Waals surface area (Å²) in [6.45, 7) is 5.72. The molecule has 28 nitrogen and oxygen atoms in total. The Kier molecular flexibility index (Phi) is 21.5. The maximum atomic E-state index is 14.3. The van der Waals surface area contributed by atoms with Gasteiger partial charge in [-0.15, -0.1) is 0 Å². The van der Waals surface area contributed by atoms with E-state index in [1.54, 1.807) is 12.1 Å². The molecule has 3 saturated heterocycles. The number of benzene rings is 2. The van der Waals surface area contributed by atoms with Gasteiger partial charge in [0.25, 0.3) is 0 Å². The van der Waals surface area contributed by atoms with Crippen LogP contribution >= 0.6 is 0 Å². The van der Waals surface area contributed by atoms with Crippen LogP contribution < -0.4 is 0 Å². The monoisotopic (exact) mass is 1070 g/mol. The van der Waals surface area contributed by atoms with Crippen LogP contribution in [0, 0.1) is 0 Å². The molecule has 3 heterocycles. The molecule has 0 spiro atoms. The van der Waals surface area contributed by atoms with E-state index < -0.39 is 172 Å². The summed E-state index contributed by atoms with van der Waals surface area (Å²) in [5.41, 5.74) is 9.84. The highest BCUT2D eigenvalue weighted by Gasteiger charge is 2.59. The standard InChI is InChI=1S/C48H55N3O25/c1-22(52)62-19-33-35(65-24(3)54)39(67-26(5)56)42(69-28(7)58)47(72-33)64-21-32-37(74-45(60)30-15-11-9-12-16-30)38(41(44(71-32)50-51-49)75-46(61)31-17-13-10-14-18-31)76-48-43(70-29(8)59)40(68-27(6)57)36(66-25(4)55)34(73-48)20-63-23(2)53/h9-18,32-44,47-48H,19-21H2,1-8H3/t32-,33-,34-,35-,36-,37-,38+,39+,40+,41+,42+,43+,44+,47+,48-/m1/s1. The van der Waals surface area contributed by atoms with E-state index in [1.807, 2.05) is 0 Å². The van der Waals surface area contributed by atoms with Crippen molar-refractivity contribution < 1.29 is 119 Å². The highest BCUT2D eigenvalue weighted by Crippen LogP contribution is 2.37. The first-order chi connectivity index (χ1) is 36.1. The molecule has 76 heavy (non-hydrogen) atoms. The predicted octanol–water partition coefficient (Wildman–Crippen LogP) is 2.04. The van der Waals surface area contributed by atoms with Crippen LogP contribution in [0.25, 0.3) is 10.4 Å². The van der Waals surface area contributed by atoms with Crippen LogP contribution in [0.1, 0.15) is 76.1 Å². The maximum absolute atomic E-state index is 14.3. The fraction of sp³-hybridized carbons (Fsp3) is 0.542. The fourth-order valence-corrected chi connectivity index (χ4v) is 8.09. The van der Waals surface area contributed by atoms with Gasteiger partial charge < -0.3 is 71.1 Å². The summed E-state index contributed by atoms with van der Waals surface area (Å²) in [4.78, 5) is 131. The van der Waals surface area contributed by atoms with E-state index in [0.29, 0.717) is 0 Å². The molecule has 0 aromatic heterocycles. The number of azide groups is 1. The van der Waals surface area contributed by atoms with Crippen molar-refractivity contribution >= 4 is 59.7 Å². The number of hydrogen-bond acceptors (Lipinski definition) is 26. The number of carbonyl (C=O) groups excluding carboxylic acids is 10. The lowest BCUT2D eigenvalue weighted by molar-refractivity contribution is -0.347. The van der Waals surface area contributed by atoms with Crippen LogP contribution in [-0.4, -0.2) is 172 Å². The summed E-state index contributed by atoms with van der Waals surface area (Å²) < 4.78 is 87.1. The largest absolute Gasteiger partial charge is 0.463 e. The van der Waals surface area contributed by atoms with Gasteiger partial charge in [-0.2, -0.15) is 0 Å². The van der Waals surface area contributed by atoms with Crippen molar-refractivity contribution in [3.8, 4) is 0 Å². The molecule has 28 heteroatoms. The molecule has 0 saturated carbocycles. The summed E-state index contributed by atoms with van der Waals surface area (Å²) >= 11 is 0. The minimum Gasteiger partial charge on any atom is -0.463 e. The van der Waals surface area contributed by atoms with Crippen LogP contribution in [-0.2, 0) is 109 Å². The summed E-state index contributed by atoms with van der Waals surface area (Å²) in [6, 6.07) is 14.6. The molecule has 0 N–H and O–H groups in total. The Morgan fingerprint density at radius 3 is 1.18 bits per heavy atom. The number of hydrogen-bond donors (Lipinski definition) is 0. The van der Waals surface area contributed by atoms with Gasteiger partial charge in [-0.1, -0.05) is 41.5 Å². The Balaban J connectivity index is 1.71. The van der Waals surface area contributed by atoms with Gasteiger partial charge in [-0.05, 0) is 29.8 Å². The Morgan fingerprint density at radius 1 is 0.421 bits per heavy atom. The minimum absolute atomic E-state index is 0.0693. The lowest BCUT2D eigenvalue weighted by Crippen LogP contribution is -2.67. The van der Waals surface area contributed by atoms with Gasteiger partial charge in [0.2, 0.25) is 0 Å². The highest BCUT2D eigenvalue weighted by molar-refractivity contribution is 5.90. The van der Waals surface area contributed by atoms with Crippen LogP contribution in [0.4, 0.5) is 0 Å². The molecule has 0 amide bonds. The molecule has 15 atom stereocenters. The summed E-state index contributed by atoms with van der Waals surface area (Å²) in [6.07, 6.45) is -27.5. The smallest absolute Gasteiger partial charge is 0.338 e. The third kappa shape index (κ3) is 16.6. The van der Waals surface area contributed by atoms with Crippen LogP contribution in [0.5, 0.6) is 0 Å². The first kappa shape index (κ1) is 59.1. The third-order valence-electron chi connectivity index (χ3n) is 10.9. The molecule has 412 valence electrons. The van der Waals surface area contributed by atoms with Gasteiger partial charge >= 0.3 is 59.7 Å². The first-order valence-corrected chi connectivity index (χ1v) is 23.2. The van der Waals surface area contributed by atoms with E-state index in [2.05, 4.69) is 10.0 Å². The van der Waals surface area contributed by atoms with Gasteiger partial charge in [-0.3, -0.25) is 38.4 Å². The molecule has 0 unspecified atom stereocenters. The van der Waals surface area contributed by atoms with Crippen LogP contribution in [0.3, 0.4) is 0 Å². The Hall–Kier alpha value is -7.75. The van der Waals surface area contributed by atoms with E-state index in [-0.39, 0.29) is 11.1 Å². The number of carbonyl (C=O) groups is 10. The molecular weight excluding hydrogens is 1020 g/mol. The van der Waals surface area contributed by atoms with E-state index in [1.165, 1.54) is 48.5 Å². The second-order valence-electron chi connectivity index (χ2n) is 16.8. The zero-order chi connectivity index (χ0) is 55.8. The second kappa shape index (κ2) is 27.7. The van der Waals surface area contributed by atoms with Gasteiger partial charge in [0, 0.05) is 60.3 Å². The SMILES string of the molecule is CC(=O)OC[C@H]1O[C@H](OC[C@H]2O[C@H](N=[N+]=[N-])[C@@H](OC(=O)c3ccccc3)[C@@H](O[C@H]3O[C@H](COC(C)=O)[C@@H](OC(C)=O)[C@H](OC(C)=O)[C@@H]3OC(C)=O)[C@@H]2OC(=O)c2ccccc2)[C@@H](OC(C)=O)[C@@H](OC(C)=O)[C@@H]1OC(C)=O. The molecule has 0 bridgehead atoms. The first-order valence-electron chi connectivity index (χ1n) is 23.2. The number of esters is 10. The third-order valence-corrected chi connectivity index (χ3v) is 10.9. The van der Waals surface area contributed by atoms with E-state index in [9.17, 15) is 53.5 Å². The number of rotatable bonds is 20. The lowest BCUT2D eigenvalue weighted by atomic mass is 9.95. The quantitative estimate of drug-likeness (QED) is 0.0602. The van der Waals surface area contributed by atoms with E-state index in [4.69, 9.17) is 71.1 Å². The molecule has 2 aromatic carbocycles. The van der Waals surface area contributed by atoms with Gasteiger partial charge in [0.05, 0.1) is 17.7 Å². The van der Waals surface area contributed by atoms with Crippen LogP contribution in [0.2, 0.25) is 0 Å². The summed E-state index contributed by atoms with van der Waals surface area (Å²) in [5.74, 6) is -9.76. The predicted molar refractivity (Wildman–Crippen MR) is 244 cm³/mol. The summed E-state index contributed by atoms with van der Waals surface area (Å²) in [7, 11) is 0. The van der Waals surface area contributed by atoms with Crippen molar-refractivity contribution in [2.75, 3.05) is 19.8 Å². The average Bonchev–Trinajstić information content (AvgIpc) is 3.34. The maximum Gasteiger partial charge on any atom is 0.338 e. The molecule has 3 aliphatic rings. The Morgan fingerprint density at radius 2 is 0.776 bits per heavy atom. The average molecular weight is 1070 g/mol. The molecule has 3 aliphatic heterocycles. The summed E-state index contributed by atoms with van der Waals surface area (Å²) in [5, 5.41) is 3.73. The topological polar surface area (TPSA) is 358 Å². The highest BCUT2D eigenvalue weighted by atomic mass is 16.8. The Bertz CT molecular complexity index is 2470. The minimum atomic E-state index is -2.09.